The van der Waals surface area contributed by atoms with Gasteiger partial charge in [-0.3, -0.25) is 9.69 Å². The summed E-state index contributed by atoms with van der Waals surface area (Å²) in [5.41, 5.74) is -3.27. The van der Waals surface area contributed by atoms with E-state index in [1.807, 2.05) is 0 Å². The molecule has 7 nitrogen and oxygen atoms in total. The zero-order valence-corrected chi connectivity index (χ0v) is 11.1. The number of aromatic nitrogens is 2. The minimum absolute atomic E-state index is 0.0457. The van der Waals surface area contributed by atoms with E-state index in [0.29, 0.717) is 11.7 Å². The number of carboxylic acids is 1. The molecule has 2 aliphatic heterocycles. The van der Waals surface area contributed by atoms with Crippen molar-refractivity contribution in [1.82, 2.24) is 15.0 Å². The van der Waals surface area contributed by atoms with Gasteiger partial charge in [0, 0.05) is 26.1 Å². The summed E-state index contributed by atoms with van der Waals surface area (Å²) in [6.07, 6.45) is 0.0959. The number of hydrogen-bond acceptors (Lipinski definition) is 6. The number of carboxylic acid groups (broad SMARTS) is 1. The first-order chi connectivity index (χ1) is 9.45. The molecule has 0 radical (unpaired) electrons. The van der Waals surface area contributed by atoms with Crippen LogP contribution in [0.25, 0.3) is 0 Å². The second-order valence-corrected chi connectivity index (χ2v) is 5.54. The summed E-state index contributed by atoms with van der Waals surface area (Å²) in [7, 11) is 0. The Morgan fingerprint density at radius 2 is 2.35 bits per heavy atom. The quantitative estimate of drug-likeness (QED) is 0.859. The molecule has 2 fully saturated rings. The molecular formula is C12H16FN3O4. The molecule has 0 spiro atoms. The summed E-state index contributed by atoms with van der Waals surface area (Å²) in [6, 6.07) is 0. The van der Waals surface area contributed by atoms with E-state index >= 15 is 4.39 Å². The van der Waals surface area contributed by atoms with Crippen molar-refractivity contribution in [1.29, 1.82) is 0 Å². The van der Waals surface area contributed by atoms with Crippen LogP contribution in [0.5, 0.6) is 0 Å². The van der Waals surface area contributed by atoms with Crippen LogP contribution in [0.3, 0.4) is 0 Å². The number of aliphatic carboxylic acids is 1. The van der Waals surface area contributed by atoms with E-state index in [1.54, 1.807) is 11.8 Å². The number of carbonyl (C=O) groups is 1. The van der Waals surface area contributed by atoms with Crippen LogP contribution in [0.2, 0.25) is 0 Å². The van der Waals surface area contributed by atoms with E-state index in [4.69, 9.17) is 9.26 Å². The van der Waals surface area contributed by atoms with Crippen molar-refractivity contribution in [2.75, 3.05) is 26.3 Å². The molecule has 0 amide bonds. The number of rotatable bonds is 3. The molecule has 1 aromatic rings. The zero-order chi connectivity index (χ0) is 14.4. The third-order valence-corrected chi connectivity index (χ3v) is 4.15. The predicted octanol–water partition coefficient (Wildman–Crippen LogP) is 0.393. The molecule has 1 aromatic heterocycles. The first kappa shape index (κ1) is 13.4. The first-order valence-corrected chi connectivity index (χ1v) is 6.47. The third-order valence-electron chi connectivity index (χ3n) is 4.15. The van der Waals surface area contributed by atoms with Gasteiger partial charge in [0.2, 0.25) is 5.89 Å². The molecule has 20 heavy (non-hydrogen) atoms. The highest BCUT2D eigenvalue weighted by Gasteiger charge is 2.65. The van der Waals surface area contributed by atoms with Crippen LogP contribution in [0, 0.1) is 12.3 Å². The first-order valence-electron chi connectivity index (χ1n) is 6.47. The summed E-state index contributed by atoms with van der Waals surface area (Å²) >= 11 is 0. The monoisotopic (exact) mass is 285 g/mol. The van der Waals surface area contributed by atoms with Crippen LogP contribution in [-0.2, 0) is 16.1 Å². The van der Waals surface area contributed by atoms with Crippen LogP contribution >= 0.6 is 0 Å². The molecule has 110 valence electrons. The van der Waals surface area contributed by atoms with Gasteiger partial charge in [-0.25, -0.2) is 4.39 Å². The molecule has 2 aliphatic rings. The lowest BCUT2D eigenvalue weighted by Crippen LogP contribution is -2.56. The summed E-state index contributed by atoms with van der Waals surface area (Å²) in [5.74, 6) is -0.280. The average molecular weight is 285 g/mol. The van der Waals surface area contributed by atoms with Gasteiger partial charge >= 0.3 is 5.97 Å². The van der Waals surface area contributed by atoms with E-state index in [-0.39, 0.29) is 39.3 Å². The molecule has 3 heterocycles. The lowest BCUT2D eigenvalue weighted by molar-refractivity contribution is -0.172. The molecule has 8 heteroatoms. The van der Waals surface area contributed by atoms with E-state index in [9.17, 15) is 9.90 Å². The second kappa shape index (κ2) is 4.49. The Kier molecular flexibility index (Phi) is 3.02. The number of aryl methyl sites for hydroxylation is 1. The van der Waals surface area contributed by atoms with Gasteiger partial charge < -0.3 is 14.4 Å². The normalized spacial score (nSPS) is 34.1. The zero-order valence-electron chi connectivity index (χ0n) is 11.1. The van der Waals surface area contributed by atoms with Crippen molar-refractivity contribution in [3.05, 3.63) is 11.7 Å². The highest BCUT2D eigenvalue weighted by atomic mass is 19.1. The van der Waals surface area contributed by atoms with Crippen molar-refractivity contribution in [3.63, 3.8) is 0 Å². The van der Waals surface area contributed by atoms with Crippen LogP contribution in [0.15, 0.2) is 4.52 Å². The molecule has 3 rings (SSSR count). The molecule has 0 aliphatic carbocycles. The lowest BCUT2D eigenvalue weighted by atomic mass is 9.73. The highest BCUT2D eigenvalue weighted by Crippen LogP contribution is 2.48. The number of alkyl halides is 1. The topological polar surface area (TPSA) is 88.7 Å². The third kappa shape index (κ3) is 1.90. The smallest absolute Gasteiger partial charge is 0.316 e. The Balaban J connectivity index is 1.82. The van der Waals surface area contributed by atoms with Crippen molar-refractivity contribution in [3.8, 4) is 0 Å². The Labute approximate surface area is 114 Å². The number of ether oxygens (including phenoxy) is 1. The molecule has 0 bridgehead atoms. The summed E-state index contributed by atoms with van der Waals surface area (Å²) < 4.78 is 25.3. The van der Waals surface area contributed by atoms with Crippen molar-refractivity contribution in [2.24, 2.45) is 5.41 Å². The molecule has 0 aromatic carbocycles. The molecule has 2 saturated heterocycles. The molecular weight excluding hydrogens is 269 g/mol. The fourth-order valence-corrected chi connectivity index (χ4v) is 3.09. The highest BCUT2D eigenvalue weighted by molar-refractivity contribution is 5.78. The number of likely N-dealkylation sites (tertiary alicyclic amines) is 1. The fourth-order valence-electron chi connectivity index (χ4n) is 3.09. The van der Waals surface area contributed by atoms with Gasteiger partial charge in [0.15, 0.2) is 5.82 Å². The standard InChI is InChI=1S/C12H16FN3O4/c1-8-14-9(20-15-8)4-16-5-11(10(17)18)7-19-3-2-12(11,13)6-16/h2-7H2,1H3,(H,17,18)/t11-,12+/m1/s1. The van der Waals surface area contributed by atoms with Gasteiger partial charge in [0.05, 0.1) is 13.2 Å². The summed E-state index contributed by atoms with van der Waals surface area (Å²) in [4.78, 5) is 17.3. The van der Waals surface area contributed by atoms with Crippen molar-refractivity contribution in [2.45, 2.75) is 25.6 Å². The Morgan fingerprint density at radius 3 is 2.95 bits per heavy atom. The van der Waals surface area contributed by atoms with Gasteiger partial charge in [-0.05, 0) is 6.92 Å². The SMILES string of the molecule is Cc1noc(CN2C[C@@]3(F)CCOC[C@@]3(C(=O)O)C2)n1. The van der Waals surface area contributed by atoms with Gasteiger partial charge in [-0.1, -0.05) is 5.16 Å². The minimum atomic E-state index is -1.77. The number of hydrogen-bond donors (Lipinski definition) is 1. The summed E-state index contributed by atoms with van der Waals surface area (Å²) in [6.45, 7) is 2.23. The van der Waals surface area contributed by atoms with Crippen LogP contribution in [0.1, 0.15) is 18.1 Å². The van der Waals surface area contributed by atoms with Crippen LogP contribution in [-0.4, -0.2) is 58.1 Å². The maximum Gasteiger partial charge on any atom is 0.316 e. The Hall–Kier alpha value is -1.54. The van der Waals surface area contributed by atoms with E-state index in [0.717, 1.165) is 0 Å². The molecule has 0 saturated carbocycles. The van der Waals surface area contributed by atoms with Gasteiger partial charge in [-0.15, -0.1) is 0 Å². The lowest BCUT2D eigenvalue weighted by Gasteiger charge is -2.39. The van der Waals surface area contributed by atoms with Gasteiger partial charge in [0.1, 0.15) is 11.1 Å². The molecule has 1 N–H and O–H groups in total. The Morgan fingerprint density at radius 1 is 1.55 bits per heavy atom. The van der Waals surface area contributed by atoms with Gasteiger partial charge in [-0.2, -0.15) is 4.98 Å². The van der Waals surface area contributed by atoms with Crippen LogP contribution in [0.4, 0.5) is 4.39 Å². The van der Waals surface area contributed by atoms with Crippen molar-refractivity contribution >= 4 is 5.97 Å². The van der Waals surface area contributed by atoms with Crippen LogP contribution < -0.4 is 0 Å². The minimum Gasteiger partial charge on any atom is -0.481 e. The van der Waals surface area contributed by atoms with E-state index < -0.39 is 17.1 Å². The number of nitrogens with zero attached hydrogens (tertiary/aromatic N) is 3. The van der Waals surface area contributed by atoms with E-state index in [2.05, 4.69) is 10.1 Å². The predicted molar refractivity (Wildman–Crippen MR) is 63.7 cm³/mol. The average Bonchev–Trinajstić information content (AvgIpc) is 2.90. The Bertz CT molecular complexity index is 537. The molecule has 2 atom stereocenters. The van der Waals surface area contributed by atoms with E-state index in [1.165, 1.54) is 0 Å². The maximum atomic E-state index is 15.1. The number of fused-ring (bicyclic) bond motifs is 1. The van der Waals surface area contributed by atoms with Crippen molar-refractivity contribution < 1.29 is 23.6 Å². The summed E-state index contributed by atoms with van der Waals surface area (Å²) in [5, 5.41) is 13.1. The number of halogens is 1. The van der Waals surface area contributed by atoms with Gasteiger partial charge in [0.25, 0.3) is 0 Å². The molecule has 0 unspecified atom stereocenters. The second-order valence-electron chi connectivity index (χ2n) is 5.54. The maximum absolute atomic E-state index is 15.1. The fraction of sp³-hybridized carbons (Fsp3) is 0.750. The largest absolute Gasteiger partial charge is 0.481 e.